The zero-order chi connectivity index (χ0) is 15.3. The van der Waals surface area contributed by atoms with Gasteiger partial charge in [0, 0.05) is 25.4 Å². The fourth-order valence-electron chi connectivity index (χ4n) is 2.67. The Morgan fingerprint density at radius 2 is 2.05 bits per heavy atom. The van der Waals surface area contributed by atoms with Gasteiger partial charge in [-0.3, -0.25) is 9.59 Å². The molecule has 5 nitrogen and oxygen atoms in total. The molecule has 2 N–H and O–H groups in total. The standard InChI is InChI=1S/C15H28N2O3/c1-10(2)7-12(9-16)8-14(18)20-13-5-6-17(11(3)4)15(13)19/h10-13H,5-9,16H2,1-4H3/t12-,13?/m0/s1. The lowest BCUT2D eigenvalue weighted by molar-refractivity contribution is -0.157. The van der Waals surface area contributed by atoms with Crippen molar-refractivity contribution < 1.29 is 14.3 Å². The Labute approximate surface area is 121 Å². The number of carbonyl (C=O) groups excluding carboxylic acids is 2. The van der Waals surface area contributed by atoms with E-state index in [1.54, 1.807) is 4.90 Å². The second kappa shape index (κ2) is 7.62. The number of hydrogen-bond acceptors (Lipinski definition) is 4. The van der Waals surface area contributed by atoms with Crippen LogP contribution in [0.15, 0.2) is 0 Å². The maximum Gasteiger partial charge on any atom is 0.306 e. The zero-order valence-electron chi connectivity index (χ0n) is 13.1. The van der Waals surface area contributed by atoms with Gasteiger partial charge in [0.1, 0.15) is 0 Å². The molecule has 5 heteroatoms. The van der Waals surface area contributed by atoms with Gasteiger partial charge in [-0.15, -0.1) is 0 Å². The Morgan fingerprint density at radius 3 is 2.50 bits per heavy atom. The zero-order valence-corrected chi connectivity index (χ0v) is 13.1. The van der Waals surface area contributed by atoms with Crippen LogP contribution < -0.4 is 5.73 Å². The quantitative estimate of drug-likeness (QED) is 0.720. The van der Waals surface area contributed by atoms with Gasteiger partial charge in [-0.2, -0.15) is 0 Å². The summed E-state index contributed by atoms with van der Waals surface area (Å²) in [5, 5.41) is 0. The van der Waals surface area contributed by atoms with Crippen molar-refractivity contribution >= 4 is 11.9 Å². The average Bonchev–Trinajstić information content (AvgIpc) is 2.69. The third kappa shape index (κ3) is 4.78. The highest BCUT2D eigenvalue weighted by Gasteiger charge is 2.35. The summed E-state index contributed by atoms with van der Waals surface area (Å²) in [6, 6.07) is 0.156. The number of carbonyl (C=O) groups is 2. The van der Waals surface area contributed by atoms with Gasteiger partial charge in [0.05, 0.1) is 0 Å². The summed E-state index contributed by atoms with van der Waals surface area (Å²) in [4.78, 5) is 25.7. The molecule has 0 spiro atoms. The van der Waals surface area contributed by atoms with Crippen LogP contribution in [0.25, 0.3) is 0 Å². The minimum absolute atomic E-state index is 0.0680. The molecule has 0 aromatic carbocycles. The van der Waals surface area contributed by atoms with Gasteiger partial charge in [0.25, 0.3) is 5.91 Å². The molecular weight excluding hydrogens is 256 g/mol. The molecule has 0 radical (unpaired) electrons. The van der Waals surface area contributed by atoms with Crippen LogP contribution in [0.1, 0.15) is 47.0 Å². The molecule has 1 unspecified atom stereocenters. The molecule has 1 heterocycles. The molecule has 116 valence electrons. The highest BCUT2D eigenvalue weighted by Crippen LogP contribution is 2.20. The minimum atomic E-state index is -0.595. The van der Waals surface area contributed by atoms with Crippen LogP contribution in [0.4, 0.5) is 0 Å². The monoisotopic (exact) mass is 284 g/mol. The number of rotatable bonds is 7. The first-order valence-corrected chi connectivity index (χ1v) is 7.55. The largest absolute Gasteiger partial charge is 0.452 e. The molecule has 0 aromatic heterocycles. The molecule has 1 fully saturated rings. The van der Waals surface area contributed by atoms with Crippen LogP contribution in [-0.4, -0.2) is 42.0 Å². The first kappa shape index (κ1) is 17.0. The normalized spacial score (nSPS) is 20.9. The van der Waals surface area contributed by atoms with E-state index in [4.69, 9.17) is 10.5 Å². The van der Waals surface area contributed by atoms with E-state index >= 15 is 0 Å². The van der Waals surface area contributed by atoms with Gasteiger partial charge in [-0.1, -0.05) is 13.8 Å². The first-order valence-electron chi connectivity index (χ1n) is 7.55. The predicted molar refractivity (Wildman–Crippen MR) is 78.0 cm³/mol. The molecule has 0 bridgehead atoms. The number of esters is 1. The lowest BCUT2D eigenvalue weighted by Crippen LogP contribution is -2.36. The smallest absolute Gasteiger partial charge is 0.306 e. The molecule has 1 saturated heterocycles. The Bertz CT molecular complexity index is 342. The molecule has 2 atom stereocenters. The van der Waals surface area contributed by atoms with Crippen molar-refractivity contribution in [1.82, 2.24) is 4.90 Å². The van der Waals surface area contributed by atoms with Gasteiger partial charge < -0.3 is 15.4 Å². The summed E-state index contributed by atoms with van der Waals surface area (Å²) < 4.78 is 5.33. The predicted octanol–water partition coefficient (Wildman–Crippen LogP) is 1.55. The van der Waals surface area contributed by atoms with Crippen LogP contribution in [0.3, 0.4) is 0 Å². The molecule has 0 aliphatic carbocycles. The fraction of sp³-hybridized carbons (Fsp3) is 0.867. The van der Waals surface area contributed by atoms with Gasteiger partial charge in [-0.25, -0.2) is 0 Å². The van der Waals surface area contributed by atoms with Gasteiger partial charge in [-0.05, 0) is 38.6 Å². The van der Waals surface area contributed by atoms with E-state index in [-0.39, 0.29) is 23.8 Å². The van der Waals surface area contributed by atoms with Gasteiger partial charge in [0.15, 0.2) is 6.10 Å². The van der Waals surface area contributed by atoms with Crippen LogP contribution >= 0.6 is 0 Å². The fourth-order valence-corrected chi connectivity index (χ4v) is 2.67. The van der Waals surface area contributed by atoms with E-state index in [9.17, 15) is 9.59 Å². The lowest BCUT2D eigenvalue weighted by Gasteiger charge is -2.21. The number of likely N-dealkylation sites (tertiary alicyclic amines) is 1. The second-order valence-corrected chi connectivity index (χ2v) is 6.33. The van der Waals surface area contributed by atoms with Crippen LogP contribution in [0.2, 0.25) is 0 Å². The van der Waals surface area contributed by atoms with Crippen molar-refractivity contribution in [3.63, 3.8) is 0 Å². The number of amides is 1. The molecule has 0 aromatic rings. The van der Waals surface area contributed by atoms with E-state index in [0.717, 1.165) is 6.42 Å². The number of hydrogen-bond donors (Lipinski definition) is 1. The summed E-state index contributed by atoms with van der Waals surface area (Å²) in [6.07, 6.45) is 1.21. The molecule has 20 heavy (non-hydrogen) atoms. The van der Waals surface area contributed by atoms with E-state index < -0.39 is 6.10 Å². The molecular formula is C15H28N2O3. The van der Waals surface area contributed by atoms with E-state index in [1.165, 1.54) is 0 Å². The maximum absolute atomic E-state index is 12.0. The van der Waals surface area contributed by atoms with Crippen molar-refractivity contribution in [3.05, 3.63) is 0 Å². The van der Waals surface area contributed by atoms with Crippen LogP contribution in [0, 0.1) is 11.8 Å². The van der Waals surface area contributed by atoms with Crippen molar-refractivity contribution in [1.29, 1.82) is 0 Å². The Kier molecular flexibility index (Phi) is 6.46. The summed E-state index contributed by atoms with van der Waals surface area (Å²) >= 11 is 0. The molecule has 1 rings (SSSR count). The minimum Gasteiger partial charge on any atom is -0.452 e. The highest BCUT2D eigenvalue weighted by atomic mass is 16.5. The van der Waals surface area contributed by atoms with Gasteiger partial charge in [0.2, 0.25) is 0 Å². The molecule has 1 amide bonds. The SMILES string of the molecule is CC(C)C[C@H](CN)CC(=O)OC1CCN(C(C)C)C1=O. The molecule has 1 aliphatic rings. The van der Waals surface area contributed by atoms with Crippen molar-refractivity contribution in [2.75, 3.05) is 13.1 Å². The van der Waals surface area contributed by atoms with Crippen molar-refractivity contribution in [3.8, 4) is 0 Å². The summed E-state index contributed by atoms with van der Waals surface area (Å²) in [5.74, 6) is 0.271. The Hall–Kier alpha value is -1.10. The third-order valence-corrected chi connectivity index (χ3v) is 3.68. The lowest BCUT2D eigenvalue weighted by atomic mass is 9.94. The second-order valence-electron chi connectivity index (χ2n) is 6.33. The number of nitrogens with zero attached hydrogens (tertiary/aromatic N) is 1. The van der Waals surface area contributed by atoms with Crippen molar-refractivity contribution in [2.45, 2.75) is 59.1 Å². The van der Waals surface area contributed by atoms with Crippen LogP contribution in [-0.2, 0) is 14.3 Å². The Morgan fingerprint density at radius 1 is 1.40 bits per heavy atom. The average molecular weight is 284 g/mol. The Balaban J connectivity index is 2.45. The molecule has 1 aliphatic heterocycles. The maximum atomic E-state index is 12.0. The van der Waals surface area contributed by atoms with E-state index in [2.05, 4.69) is 13.8 Å². The van der Waals surface area contributed by atoms with E-state index in [1.807, 2.05) is 13.8 Å². The number of nitrogens with two attached hydrogens (primary N) is 1. The first-order chi connectivity index (χ1) is 9.35. The highest BCUT2D eigenvalue weighted by molar-refractivity contribution is 5.85. The topological polar surface area (TPSA) is 72.6 Å². The summed E-state index contributed by atoms with van der Waals surface area (Å²) in [7, 11) is 0. The third-order valence-electron chi connectivity index (χ3n) is 3.68. The van der Waals surface area contributed by atoms with Crippen LogP contribution in [0.5, 0.6) is 0 Å². The summed E-state index contributed by atoms with van der Waals surface area (Å²) in [6.45, 7) is 9.29. The summed E-state index contributed by atoms with van der Waals surface area (Å²) in [5.41, 5.74) is 5.68. The molecule has 0 saturated carbocycles. The van der Waals surface area contributed by atoms with Gasteiger partial charge >= 0.3 is 5.97 Å². The number of ether oxygens (including phenoxy) is 1. The van der Waals surface area contributed by atoms with Crippen molar-refractivity contribution in [2.24, 2.45) is 17.6 Å². The van der Waals surface area contributed by atoms with E-state index in [0.29, 0.717) is 31.8 Å².